The number of hydrogen-bond acceptors (Lipinski definition) is 3. The third-order valence-electron chi connectivity index (χ3n) is 3.13. The van der Waals surface area contributed by atoms with Gasteiger partial charge in [-0.1, -0.05) is 19.9 Å². The number of rotatable bonds is 6. The van der Waals surface area contributed by atoms with Gasteiger partial charge in [0.15, 0.2) is 0 Å². The highest BCUT2D eigenvalue weighted by Gasteiger charge is 2.22. The molecule has 1 aromatic heterocycles. The van der Waals surface area contributed by atoms with E-state index >= 15 is 0 Å². The van der Waals surface area contributed by atoms with Crippen molar-refractivity contribution in [2.75, 3.05) is 7.05 Å². The number of carbonyl (C=O) groups excluding carboxylic acids is 1. The molecular formula is C14H24N2OS. The third-order valence-corrected chi connectivity index (χ3v) is 4.03. The maximum atomic E-state index is 12.2. The number of likely N-dealkylation sites (N-methyl/N-ethyl adjacent to an activating group) is 1. The largest absolute Gasteiger partial charge is 0.341 e. The van der Waals surface area contributed by atoms with Crippen LogP contribution >= 0.6 is 11.3 Å². The first-order valence-electron chi connectivity index (χ1n) is 6.46. The van der Waals surface area contributed by atoms with Crippen LogP contribution < -0.4 is 5.73 Å². The second kappa shape index (κ2) is 6.90. The van der Waals surface area contributed by atoms with Crippen molar-refractivity contribution in [2.24, 2.45) is 11.7 Å². The van der Waals surface area contributed by atoms with Gasteiger partial charge < -0.3 is 10.6 Å². The summed E-state index contributed by atoms with van der Waals surface area (Å²) in [6.07, 6.45) is 1.64. The summed E-state index contributed by atoms with van der Waals surface area (Å²) in [4.78, 5) is 15.2. The lowest BCUT2D eigenvalue weighted by atomic mass is 10.0. The Morgan fingerprint density at radius 3 is 2.61 bits per heavy atom. The Kier molecular flexibility index (Phi) is 5.82. The molecule has 18 heavy (non-hydrogen) atoms. The van der Waals surface area contributed by atoms with Crippen LogP contribution in [0, 0.1) is 5.92 Å². The summed E-state index contributed by atoms with van der Waals surface area (Å²) in [5.74, 6) is 0.498. The molecule has 1 unspecified atom stereocenters. The van der Waals surface area contributed by atoms with Crippen molar-refractivity contribution in [1.29, 1.82) is 0 Å². The van der Waals surface area contributed by atoms with Crippen LogP contribution in [0.5, 0.6) is 0 Å². The number of amides is 1. The molecule has 0 aliphatic rings. The molecule has 3 nitrogen and oxygen atoms in total. The van der Waals surface area contributed by atoms with E-state index in [4.69, 9.17) is 5.73 Å². The van der Waals surface area contributed by atoms with Gasteiger partial charge in [-0.05, 0) is 30.7 Å². The van der Waals surface area contributed by atoms with Gasteiger partial charge in [-0.3, -0.25) is 4.79 Å². The predicted molar refractivity (Wildman–Crippen MR) is 77.7 cm³/mol. The molecule has 4 heteroatoms. The smallest absolute Gasteiger partial charge is 0.239 e. The summed E-state index contributed by atoms with van der Waals surface area (Å²) in [6.45, 7) is 6.24. The summed E-state index contributed by atoms with van der Waals surface area (Å²) in [5.41, 5.74) is 5.94. The first-order chi connectivity index (χ1) is 8.41. The molecule has 1 aromatic rings. The zero-order chi connectivity index (χ0) is 13.7. The van der Waals surface area contributed by atoms with E-state index in [2.05, 4.69) is 32.2 Å². The molecule has 0 spiro atoms. The van der Waals surface area contributed by atoms with Crippen molar-refractivity contribution < 1.29 is 4.79 Å². The van der Waals surface area contributed by atoms with Crippen molar-refractivity contribution in [3.63, 3.8) is 0 Å². The normalized spacial score (nSPS) is 14.6. The van der Waals surface area contributed by atoms with E-state index in [1.54, 1.807) is 16.2 Å². The Hall–Kier alpha value is -0.870. The average molecular weight is 268 g/mol. The SMILES string of the molecule is CC(C)C[C@@H](N)C(=O)N(C)C(C)Cc1cccs1. The van der Waals surface area contributed by atoms with E-state index in [0.717, 1.165) is 12.8 Å². The van der Waals surface area contributed by atoms with Crippen LogP contribution in [0.4, 0.5) is 0 Å². The lowest BCUT2D eigenvalue weighted by Gasteiger charge is -2.28. The van der Waals surface area contributed by atoms with Gasteiger partial charge >= 0.3 is 0 Å². The van der Waals surface area contributed by atoms with Gasteiger partial charge in [-0.25, -0.2) is 0 Å². The summed E-state index contributed by atoms with van der Waals surface area (Å²) >= 11 is 1.73. The fraction of sp³-hybridized carbons (Fsp3) is 0.643. The fourth-order valence-corrected chi connectivity index (χ4v) is 2.77. The van der Waals surface area contributed by atoms with Crippen LogP contribution in [0.25, 0.3) is 0 Å². The van der Waals surface area contributed by atoms with Crippen LogP contribution in [0.15, 0.2) is 17.5 Å². The molecule has 0 aliphatic heterocycles. The molecule has 0 saturated carbocycles. The fourth-order valence-electron chi connectivity index (χ4n) is 1.94. The summed E-state index contributed by atoms with van der Waals surface area (Å²) in [6, 6.07) is 3.96. The van der Waals surface area contributed by atoms with Crippen molar-refractivity contribution in [3.8, 4) is 0 Å². The van der Waals surface area contributed by atoms with Crippen LogP contribution in [0.2, 0.25) is 0 Å². The molecule has 1 heterocycles. The third kappa shape index (κ3) is 4.42. The molecule has 1 rings (SSSR count). The van der Waals surface area contributed by atoms with E-state index in [-0.39, 0.29) is 18.0 Å². The summed E-state index contributed by atoms with van der Waals surface area (Å²) in [7, 11) is 1.85. The van der Waals surface area contributed by atoms with Crippen molar-refractivity contribution in [2.45, 2.75) is 45.7 Å². The van der Waals surface area contributed by atoms with Gasteiger partial charge in [0, 0.05) is 24.4 Å². The summed E-state index contributed by atoms with van der Waals surface area (Å²) in [5, 5.41) is 2.06. The van der Waals surface area contributed by atoms with Gasteiger partial charge in [-0.15, -0.1) is 11.3 Å². The van der Waals surface area contributed by atoms with Crippen LogP contribution in [0.3, 0.4) is 0 Å². The minimum atomic E-state index is -0.374. The number of carbonyl (C=O) groups is 1. The molecule has 1 amide bonds. The molecule has 0 bridgehead atoms. The number of thiophene rings is 1. The summed E-state index contributed by atoms with van der Waals surface area (Å²) < 4.78 is 0. The zero-order valence-electron chi connectivity index (χ0n) is 11.7. The minimum Gasteiger partial charge on any atom is -0.341 e. The molecule has 0 saturated heterocycles. The van der Waals surface area contributed by atoms with Crippen molar-refractivity contribution in [1.82, 2.24) is 4.90 Å². The first-order valence-corrected chi connectivity index (χ1v) is 7.34. The molecule has 0 aromatic carbocycles. The highest BCUT2D eigenvalue weighted by Crippen LogP contribution is 2.14. The van der Waals surface area contributed by atoms with E-state index in [9.17, 15) is 4.79 Å². The van der Waals surface area contributed by atoms with Crippen LogP contribution in [0.1, 0.15) is 32.1 Å². The number of nitrogens with two attached hydrogens (primary N) is 1. The molecule has 2 N–H and O–H groups in total. The Bertz CT molecular complexity index is 362. The van der Waals surface area contributed by atoms with E-state index in [0.29, 0.717) is 5.92 Å². The highest BCUT2D eigenvalue weighted by atomic mass is 32.1. The maximum absolute atomic E-state index is 12.2. The van der Waals surface area contributed by atoms with Crippen LogP contribution in [-0.4, -0.2) is 29.9 Å². The monoisotopic (exact) mass is 268 g/mol. The lowest BCUT2D eigenvalue weighted by Crippen LogP contribution is -2.46. The second-order valence-electron chi connectivity index (χ2n) is 5.32. The molecule has 0 fully saturated rings. The standard InChI is InChI=1S/C14H24N2OS/c1-10(2)8-13(15)14(17)16(4)11(3)9-12-6-5-7-18-12/h5-7,10-11,13H,8-9,15H2,1-4H3/t11?,13-/m1/s1. The van der Waals surface area contributed by atoms with Gasteiger partial charge in [0.05, 0.1) is 6.04 Å². The predicted octanol–water partition coefficient (Wildman–Crippen LogP) is 2.51. The molecule has 0 aliphatic carbocycles. The Labute approximate surface area is 114 Å². The number of hydrogen-bond donors (Lipinski definition) is 1. The highest BCUT2D eigenvalue weighted by molar-refractivity contribution is 7.09. The van der Waals surface area contributed by atoms with Crippen molar-refractivity contribution >= 4 is 17.2 Å². The molecule has 0 radical (unpaired) electrons. The van der Waals surface area contributed by atoms with E-state index in [1.165, 1.54) is 4.88 Å². The van der Waals surface area contributed by atoms with E-state index < -0.39 is 0 Å². The topological polar surface area (TPSA) is 46.3 Å². The molecule has 2 atom stereocenters. The second-order valence-corrected chi connectivity index (χ2v) is 6.35. The molecule has 102 valence electrons. The minimum absolute atomic E-state index is 0.0488. The quantitative estimate of drug-likeness (QED) is 0.861. The van der Waals surface area contributed by atoms with Crippen molar-refractivity contribution in [3.05, 3.63) is 22.4 Å². The molecular weight excluding hydrogens is 244 g/mol. The number of nitrogens with zero attached hydrogens (tertiary/aromatic N) is 1. The van der Waals surface area contributed by atoms with Gasteiger partial charge in [0.2, 0.25) is 5.91 Å². The van der Waals surface area contributed by atoms with Gasteiger partial charge in [-0.2, -0.15) is 0 Å². The lowest BCUT2D eigenvalue weighted by molar-refractivity contribution is -0.133. The Morgan fingerprint density at radius 2 is 2.11 bits per heavy atom. The first kappa shape index (κ1) is 15.2. The van der Waals surface area contributed by atoms with E-state index in [1.807, 2.05) is 13.1 Å². The zero-order valence-corrected chi connectivity index (χ0v) is 12.5. The maximum Gasteiger partial charge on any atom is 0.239 e. The Morgan fingerprint density at radius 1 is 1.44 bits per heavy atom. The van der Waals surface area contributed by atoms with Gasteiger partial charge in [0.1, 0.15) is 0 Å². The van der Waals surface area contributed by atoms with Gasteiger partial charge in [0.25, 0.3) is 0 Å². The van der Waals surface area contributed by atoms with Crippen LogP contribution in [-0.2, 0) is 11.2 Å². The average Bonchev–Trinajstić information content (AvgIpc) is 2.78. The Balaban J connectivity index is 2.52.